The molecule has 0 saturated carbocycles. The largest absolute Gasteiger partial charge is 0.372 e. The van der Waals surface area contributed by atoms with E-state index < -0.39 is 0 Å². The maximum Gasteiger partial charge on any atom is 0.255 e. The van der Waals surface area contributed by atoms with Crippen LogP contribution in [0, 0.1) is 6.92 Å². The number of hydrogen-bond donors (Lipinski definition) is 1. The molecular formula is C19H24N2OS. The van der Waals surface area contributed by atoms with Crippen molar-refractivity contribution in [1.82, 2.24) is 0 Å². The molecule has 1 N–H and O–H groups in total. The molecular weight excluding hydrogens is 304 g/mol. The van der Waals surface area contributed by atoms with Crippen LogP contribution >= 0.6 is 11.8 Å². The Hall–Kier alpha value is -1.94. The Morgan fingerprint density at radius 3 is 2.30 bits per heavy atom. The molecule has 23 heavy (non-hydrogen) atoms. The number of nitrogens with one attached hydrogen (secondary N) is 1. The molecule has 2 rings (SSSR count). The minimum Gasteiger partial charge on any atom is -0.372 e. The molecule has 0 saturated heterocycles. The summed E-state index contributed by atoms with van der Waals surface area (Å²) in [4.78, 5) is 15.9. The first-order valence-corrected chi connectivity index (χ1v) is 9.12. The molecule has 0 fully saturated rings. The van der Waals surface area contributed by atoms with Gasteiger partial charge in [0, 0.05) is 34.9 Å². The van der Waals surface area contributed by atoms with Gasteiger partial charge >= 0.3 is 0 Å². The van der Waals surface area contributed by atoms with Crippen molar-refractivity contribution in [1.29, 1.82) is 0 Å². The first-order valence-electron chi connectivity index (χ1n) is 7.90. The average molecular weight is 328 g/mol. The predicted octanol–water partition coefficient (Wildman–Crippen LogP) is 4.82. The lowest BCUT2D eigenvalue weighted by Crippen LogP contribution is -2.21. The number of thioether (sulfide) groups is 1. The van der Waals surface area contributed by atoms with E-state index in [1.165, 1.54) is 5.69 Å². The number of rotatable bonds is 6. The Kier molecular flexibility index (Phi) is 6.11. The number of hydrogen-bond acceptors (Lipinski definition) is 3. The van der Waals surface area contributed by atoms with E-state index >= 15 is 0 Å². The van der Waals surface area contributed by atoms with Crippen molar-refractivity contribution in [3.63, 3.8) is 0 Å². The topological polar surface area (TPSA) is 32.3 Å². The third-order valence-corrected chi connectivity index (χ3v) is 4.67. The summed E-state index contributed by atoms with van der Waals surface area (Å²) in [6, 6.07) is 14.0. The summed E-state index contributed by atoms with van der Waals surface area (Å²) in [6.07, 6.45) is 2.01. The summed E-state index contributed by atoms with van der Waals surface area (Å²) >= 11 is 1.64. The number of anilines is 2. The van der Waals surface area contributed by atoms with Crippen molar-refractivity contribution in [2.75, 3.05) is 29.6 Å². The van der Waals surface area contributed by atoms with Crippen LogP contribution in [-0.2, 0) is 0 Å². The lowest BCUT2D eigenvalue weighted by Gasteiger charge is -2.21. The fourth-order valence-corrected chi connectivity index (χ4v) is 2.96. The van der Waals surface area contributed by atoms with Crippen LogP contribution in [-0.4, -0.2) is 25.3 Å². The Morgan fingerprint density at radius 2 is 1.74 bits per heavy atom. The van der Waals surface area contributed by atoms with Crippen LogP contribution in [0.2, 0.25) is 0 Å². The minimum atomic E-state index is -0.0611. The third kappa shape index (κ3) is 4.29. The van der Waals surface area contributed by atoms with Gasteiger partial charge in [-0.15, -0.1) is 11.8 Å². The standard InChI is InChI=1S/C19H24N2OS/c1-5-21(6-2)16-10-8-15(9-11-16)20-19(22)18-13-17(23-4)12-7-14(18)3/h7-13H,5-6H2,1-4H3,(H,20,22). The smallest absolute Gasteiger partial charge is 0.255 e. The lowest BCUT2D eigenvalue weighted by atomic mass is 10.1. The number of amides is 1. The normalized spacial score (nSPS) is 10.4. The molecule has 2 aromatic rings. The molecule has 122 valence electrons. The number of nitrogens with zero attached hydrogens (tertiary/aromatic N) is 1. The Labute approximate surface area is 143 Å². The van der Waals surface area contributed by atoms with E-state index in [0.29, 0.717) is 0 Å². The van der Waals surface area contributed by atoms with Gasteiger partial charge in [0.1, 0.15) is 0 Å². The quantitative estimate of drug-likeness (QED) is 0.772. The maximum absolute atomic E-state index is 12.5. The van der Waals surface area contributed by atoms with E-state index in [1.54, 1.807) is 11.8 Å². The van der Waals surface area contributed by atoms with Gasteiger partial charge in [-0.1, -0.05) is 6.07 Å². The second-order valence-corrected chi connectivity index (χ2v) is 6.23. The van der Waals surface area contributed by atoms with Crippen molar-refractivity contribution >= 4 is 29.0 Å². The van der Waals surface area contributed by atoms with Crippen LogP contribution in [0.4, 0.5) is 11.4 Å². The van der Waals surface area contributed by atoms with Gasteiger partial charge in [0.15, 0.2) is 0 Å². The van der Waals surface area contributed by atoms with Gasteiger partial charge in [-0.3, -0.25) is 4.79 Å². The minimum absolute atomic E-state index is 0.0611. The van der Waals surface area contributed by atoms with E-state index in [2.05, 4.69) is 24.1 Å². The predicted molar refractivity (Wildman–Crippen MR) is 101 cm³/mol. The van der Waals surface area contributed by atoms with Crippen LogP contribution in [0.5, 0.6) is 0 Å². The summed E-state index contributed by atoms with van der Waals surface area (Å²) in [5, 5.41) is 2.99. The molecule has 0 atom stereocenters. The molecule has 0 heterocycles. The van der Waals surface area contributed by atoms with Crippen molar-refractivity contribution < 1.29 is 4.79 Å². The first kappa shape index (κ1) is 17.4. The molecule has 0 aliphatic carbocycles. The second kappa shape index (κ2) is 8.06. The highest BCUT2D eigenvalue weighted by Crippen LogP contribution is 2.21. The monoisotopic (exact) mass is 328 g/mol. The molecule has 3 nitrogen and oxygen atoms in total. The number of carbonyl (C=O) groups is 1. The van der Waals surface area contributed by atoms with Gasteiger partial charge in [0.05, 0.1) is 0 Å². The van der Waals surface area contributed by atoms with Gasteiger partial charge < -0.3 is 10.2 Å². The fourth-order valence-electron chi connectivity index (χ4n) is 2.52. The van der Waals surface area contributed by atoms with Crippen LogP contribution in [0.15, 0.2) is 47.4 Å². The molecule has 0 radical (unpaired) electrons. The van der Waals surface area contributed by atoms with Gasteiger partial charge in [-0.25, -0.2) is 0 Å². The summed E-state index contributed by atoms with van der Waals surface area (Å²) < 4.78 is 0. The summed E-state index contributed by atoms with van der Waals surface area (Å²) in [7, 11) is 0. The van der Waals surface area contributed by atoms with E-state index in [1.807, 2.05) is 55.6 Å². The first-order chi connectivity index (χ1) is 11.1. The molecule has 0 aliphatic heterocycles. The summed E-state index contributed by atoms with van der Waals surface area (Å²) in [5.74, 6) is -0.0611. The zero-order valence-electron chi connectivity index (χ0n) is 14.2. The van der Waals surface area contributed by atoms with Crippen molar-refractivity contribution in [2.45, 2.75) is 25.7 Å². The van der Waals surface area contributed by atoms with E-state index in [-0.39, 0.29) is 5.91 Å². The van der Waals surface area contributed by atoms with Crippen LogP contribution in [0.25, 0.3) is 0 Å². The van der Waals surface area contributed by atoms with Crippen LogP contribution in [0.1, 0.15) is 29.8 Å². The number of aryl methyl sites for hydroxylation is 1. The number of benzene rings is 2. The zero-order chi connectivity index (χ0) is 16.8. The Bertz CT molecular complexity index is 664. The Balaban J connectivity index is 2.14. The van der Waals surface area contributed by atoms with E-state index in [0.717, 1.165) is 34.8 Å². The average Bonchev–Trinajstić information content (AvgIpc) is 2.58. The van der Waals surface area contributed by atoms with Crippen molar-refractivity contribution in [3.8, 4) is 0 Å². The lowest BCUT2D eigenvalue weighted by molar-refractivity contribution is 0.102. The van der Waals surface area contributed by atoms with E-state index in [9.17, 15) is 4.79 Å². The third-order valence-electron chi connectivity index (χ3n) is 3.94. The van der Waals surface area contributed by atoms with Gasteiger partial charge in [-0.2, -0.15) is 0 Å². The Morgan fingerprint density at radius 1 is 1.09 bits per heavy atom. The molecule has 0 aromatic heterocycles. The highest BCUT2D eigenvalue weighted by molar-refractivity contribution is 7.98. The number of carbonyl (C=O) groups excluding carboxylic acids is 1. The molecule has 0 unspecified atom stereocenters. The fraction of sp³-hybridized carbons (Fsp3) is 0.316. The summed E-state index contributed by atoms with van der Waals surface area (Å²) in [5.41, 5.74) is 3.71. The highest BCUT2D eigenvalue weighted by atomic mass is 32.2. The van der Waals surface area contributed by atoms with Crippen LogP contribution in [0.3, 0.4) is 0 Å². The molecule has 2 aromatic carbocycles. The molecule has 4 heteroatoms. The second-order valence-electron chi connectivity index (χ2n) is 5.35. The van der Waals surface area contributed by atoms with Crippen molar-refractivity contribution in [2.24, 2.45) is 0 Å². The molecule has 0 bridgehead atoms. The SMILES string of the molecule is CCN(CC)c1ccc(NC(=O)c2cc(SC)ccc2C)cc1. The zero-order valence-corrected chi connectivity index (χ0v) is 15.0. The molecule has 1 amide bonds. The summed E-state index contributed by atoms with van der Waals surface area (Å²) in [6.45, 7) is 8.19. The highest BCUT2D eigenvalue weighted by Gasteiger charge is 2.10. The van der Waals surface area contributed by atoms with Gasteiger partial charge in [0.2, 0.25) is 0 Å². The van der Waals surface area contributed by atoms with E-state index in [4.69, 9.17) is 0 Å². The van der Waals surface area contributed by atoms with Gasteiger partial charge in [-0.05, 0) is 69.0 Å². The molecule has 0 aliphatic rings. The maximum atomic E-state index is 12.5. The van der Waals surface area contributed by atoms with Crippen molar-refractivity contribution in [3.05, 3.63) is 53.6 Å². The molecule has 0 spiro atoms. The van der Waals surface area contributed by atoms with Gasteiger partial charge in [0.25, 0.3) is 5.91 Å². The van der Waals surface area contributed by atoms with Crippen LogP contribution < -0.4 is 10.2 Å².